The summed E-state index contributed by atoms with van der Waals surface area (Å²) in [5.74, 6) is -0.391. The Labute approximate surface area is 109 Å². The summed E-state index contributed by atoms with van der Waals surface area (Å²) in [7, 11) is 1.36. The molecule has 0 atom stereocenters. The Morgan fingerprint density at radius 3 is 2.79 bits per heavy atom. The van der Waals surface area contributed by atoms with Gasteiger partial charge in [0.25, 0.3) is 0 Å². The highest BCUT2D eigenvalue weighted by Gasteiger charge is 2.13. The van der Waals surface area contributed by atoms with E-state index in [9.17, 15) is 4.79 Å². The minimum Gasteiger partial charge on any atom is -0.465 e. The van der Waals surface area contributed by atoms with Gasteiger partial charge in [-0.2, -0.15) is 0 Å². The molecular weight excluding hydrogens is 242 g/mol. The first kappa shape index (κ1) is 11.4. The number of hydrogen-bond donors (Lipinski definition) is 0. The van der Waals surface area contributed by atoms with Gasteiger partial charge in [-0.15, -0.1) is 0 Å². The Morgan fingerprint density at radius 2 is 2.05 bits per heavy atom. The smallest absolute Gasteiger partial charge is 0.341 e. The van der Waals surface area contributed by atoms with E-state index in [2.05, 4.69) is 9.97 Å². The van der Waals surface area contributed by atoms with Gasteiger partial charge in [0.15, 0.2) is 5.65 Å². The van der Waals surface area contributed by atoms with Crippen LogP contribution in [0.3, 0.4) is 0 Å². The van der Waals surface area contributed by atoms with Crippen molar-refractivity contribution in [3.05, 3.63) is 54.6 Å². The van der Waals surface area contributed by atoms with Gasteiger partial charge in [0.05, 0.1) is 12.8 Å². The standard InChI is InChI=1S/C14H11N3O2/c1-19-14(18)11-3-2-8-17-9-12(16-13(11)17)10-4-6-15-7-5-10/h2-9H,1H3. The van der Waals surface area contributed by atoms with Crippen LogP contribution in [0.5, 0.6) is 0 Å². The van der Waals surface area contributed by atoms with Gasteiger partial charge in [0, 0.05) is 30.4 Å². The zero-order valence-corrected chi connectivity index (χ0v) is 10.3. The maximum Gasteiger partial charge on any atom is 0.341 e. The highest BCUT2D eigenvalue weighted by molar-refractivity contribution is 5.96. The second-order valence-electron chi connectivity index (χ2n) is 4.01. The van der Waals surface area contributed by atoms with Crippen molar-refractivity contribution in [1.82, 2.24) is 14.4 Å². The van der Waals surface area contributed by atoms with Crippen LogP contribution < -0.4 is 0 Å². The molecule has 0 amide bonds. The monoisotopic (exact) mass is 253 g/mol. The Balaban J connectivity index is 2.19. The molecule has 0 aliphatic rings. The predicted octanol–water partition coefficient (Wildman–Crippen LogP) is 2.18. The molecule has 0 bridgehead atoms. The number of hydrogen-bond acceptors (Lipinski definition) is 4. The van der Waals surface area contributed by atoms with Crippen LogP contribution in [0.15, 0.2) is 49.1 Å². The number of nitrogens with zero attached hydrogens (tertiary/aromatic N) is 3. The molecule has 3 heterocycles. The Morgan fingerprint density at radius 1 is 1.26 bits per heavy atom. The van der Waals surface area contributed by atoms with Crippen molar-refractivity contribution in [3.63, 3.8) is 0 Å². The van der Waals surface area contributed by atoms with Crippen molar-refractivity contribution in [2.45, 2.75) is 0 Å². The fourth-order valence-corrected chi connectivity index (χ4v) is 1.94. The molecule has 0 aromatic carbocycles. The lowest BCUT2D eigenvalue weighted by molar-refractivity contribution is 0.0602. The predicted molar refractivity (Wildman–Crippen MR) is 69.8 cm³/mol. The number of esters is 1. The van der Waals surface area contributed by atoms with E-state index in [1.165, 1.54) is 7.11 Å². The van der Waals surface area contributed by atoms with E-state index >= 15 is 0 Å². The van der Waals surface area contributed by atoms with Gasteiger partial charge in [0.1, 0.15) is 5.56 Å². The maximum absolute atomic E-state index is 11.7. The van der Waals surface area contributed by atoms with E-state index in [-0.39, 0.29) is 0 Å². The van der Waals surface area contributed by atoms with Crippen molar-refractivity contribution in [3.8, 4) is 11.3 Å². The molecule has 5 nitrogen and oxygen atoms in total. The number of methoxy groups -OCH3 is 1. The van der Waals surface area contributed by atoms with Crippen molar-refractivity contribution >= 4 is 11.6 Å². The van der Waals surface area contributed by atoms with Gasteiger partial charge >= 0.3 is 5.97 Å². The van der Waals surface area contributed by atoms with E-state index in [1.54, 1.807) is 24.5 Å². The summed E-state index contributed by atoms with van der Waals surface area (Å²) in [5, 5.41) is 0. The first-order valence-electron chi connectivity index (χ1n) is 5.76. The SMILES string of the molecule is COC(=O)c1cccn2cc(-c3ccncc3)nc12. The molecule has 19 heavy (non-hydrogen) atoms. The molecule has 3 aromatic rings. The summed E-state index contributed by atoms with van der Waals surface area (Å²) in [6, 6.07) is 7.24. The molecule has 0 saturated heterocycles. The lowest BCUT2D eigenvalue weighted by Gasteiger charge is -2.00. The Bertz CT molecular complexity index is 735. The third kappa shape index (κ3) is 1.95. The molecule has 0 aliphatic carbocycles. The lowest BCUT2D eigenvalue weighted by atomic mass is 10.2. The number of pyridine rings is 2. The summed E-state index contributed by atoms with van der Waals surface area (Å²) in [4.78, 5) is 20.1. The summed E-state index contributed by atoms with van der Waals surface area (Å²) in [5.41, 5.74) is 2.78. The van der Waals surface area contributed by atoms with Crippen LogP contribution in [0.4, 0.5) is 0 Å². The number of carbonyl (C=O) groups excluding carboxylic acids is 1. The molecular formula is C14H11N3O2. The Hall–Kier alpha value is -2.69. The average Bonchev–Trinajstić information content (AvgIpc) is 2.91. The fourth-order valence-electron chi connectivity index (χ4n) is 1.94. The number of imidazole rings is 1. The van der Waals surface area contributed by atoms with Crippen molar-refractivity contribution in [2.24, 2.45) is 0 Å². The first-order valence-corrected chi connectivity index (χ1v) is 5.76. The zero-order valence-electron chi connectivity index (χ0n) is 10.3. The van der Waals surface area contributed by atoms with Gasteiger partial charge in [-0.1, -0.05) is 0 Å². The van der Waals surface area contributed by atoms with Crippen LogP contribution in [-0.2, 0) is 4.74 Å². The molecule has 0 unspecified atom stereocenters. The summed E-state index contributed by atoms with van der Waals surface area (Å²) >= 11 is 0. The van der Waals surface area contributed by atoms with Gasteiger partial charge in [-0.25, -0.2) is 9.78 Å². The molecule has 0 aliphatic heterocycles. The molecule has 0 spiro atoms. The Kier molecular flexibility index (Phi) is 2.72. The quantitative estimate of drug-likeness (QED) is 0.657. The third-order valence-corrected chi connectivity index (χ3v) is 2.86. The first-order chi connectivity index (χ1) is 9.29. The van der Waals surface area contributed by atoms with E-state index in [0.29, 0.717) is 11.2 Å². The van der Waals surface area contributed by atoms with Crippen LogP contribution in [0.2, 0.25) is 0 Å². The molecule has 94 valence electrons. The normalized spacial score (nSPS) is 10.6. The molecule has 0 saturated carbocycles. The van der Waals surface area contributed by atoms with E-state index in [0.717, 1.165) is 11.3 Å². The molecule has 3 aromatic heterocycles. The number of fused-ring (bicyclic) bond motifs is 1. The number of rotatable bonds is 2. The third-order valence-electron chi connectivity index (χ3n) is 2.86. The van der Waals surface area contributed by atoms with Crippen molar-refractivity contribution < 1.29 is 9.53 Å². The van der Waals surface area contributed by atoms with Crippen molar-refractivity contribution in [2.75, 3.05) is 7.11 Å². The van der Waals surface area contributed by atoms with Crippen LogP contribution in [0, 0.1) is 0 Å². The van der Waals surface area contributed by atoms with Gasteiger partial charge in [0.2, 0.25) is 0 Å². The van der Waals surface area contributed by atoms with E-state index < -0.39 is 5.97 Å². The summed E-state index contributed by atoms with van der Waals surface area (Å²) in [6.45, 7) is 0. The van der Waals surface area contributed by atoms with Gasteiger partial charge in [-0.3, -0.25) is 4.98 Å². The largest absolute Gasteiger partial charge is 0.465 e. The summed E-state index contributed by atoms with van der Waals surface area (Å²) < 4.78 is 6.56. The number of ether oxygens (including phenoxy) is 1. The molecule has 0 N–H and O–H groups in total. The van der Waals surface area contributed by atoms with Crippen molar-refractivity contribution in [1.29, 1.82) is 0 Å². The summed E-state index contributed by atoms with van der Waals surface area (Å²) in [6.07, 6.45) is 7.14. The minimum atomic E-state index is -0.391. The van der Waals surface area contributed by atoms with E-state index in [1.807, 2.05) is 28.9 Å². The van der Waals surface area contributed by atoms with Crippen LogP contribution >= 0.6 is 0 Å². The second kappa shape index (κ2) is 4.53. The number of carbonyl (C=O) groups is 1. The lowest BCUT2D eigenvalue weighted by Crippen LogP contribution is -2.03. The fraction of sp³-hybridized carbons (Fsp3) is 0.0714. The highest BCUT2D eigenvalue weighted by Crippen LogP contribution is 2.20. The molecule has 0 fully saturated rings. The average molecular weight is 253 g/mol. The topological polar surface area (TPSA) is 56.5 Å². The molecule has 0 radical (unpaired) electrons. The van der Waals surface area contributed by atoms with E-state index in [4.69, 9.17) is 4.74 Å². The molecule has 3 rings (SSSR count). The van der Waals surface area contributed by atoms with Gasteiger partial charge in [-0.05, 0) is 24.3 Å². The van der Waals surface area contributed by atoms with Gasteiger partial charge < -0.3 is 9.14 Å². The zero-order chi connectivity index (χ0) is 13.2. The number of aromatic nitrogens is 3. The molecule has 5 heteroatoms. The van der Waals surface area contributed by atoms with Crippen LogP contribution in [-0.4, -0.2) is 27.4 Å². The maximum atomic E-state index is 11.7. The van der Waals surface area contributed by atoms with Crippen LogP contribution in [0.1, 0.15) is 10.4 Å². The highest BCUT2D eigenvalue weighted by atomic mass is 16.5. The minimum absolute atomic E-state index is 0.391. The van der Waals surface area contributed by atoms with Crippen LogP contribution in [0.25, 0.3) is 16.9 Å². The second-order valence-corrected chi connectivity index (χ2v) is 4.01.